The highest BCUT2D eigenvalue weighted by Crippen LogP contribution is 2.27. The number of amides is 1. The lowest BCUT2D eigenvalue weighted by atomic mass is 10.1. The average Bonchev–Trinajstić information content (AvgIpc) is 2.99. The molecule has 0 spiro atoms. The molecule has 0 aliphatic carbocycles. The molecule has 1 amide bonds. The summed E-state index contributed by atoms with van der Waals surface area (Å²) >= 11 is 3.27. The lowest BCUT2D eigenvalue weighted by Gasteiger charge is -2.00. The van der Waals surface area contributed by atoms with Gasteiger partial charge in [-0.3, -0.25) is 4.79 Å². The minimum absolute atomic E-state index is 0.0695. The first-order chi connectivity index (χ1) is 12.7. The Morgan fingerprint density at radius 1 is 1.04 bits per heavy atom. The van der Waals surface area contributed by atoms with E-state index < -0.39 is 0 Å². The SMILES string of the molecule is Cn1c(=NC(=O)CCSc2ccccc2)sc2c3ccccc3ccc21. The summed E-state index contributed by atoms with van der Waals surface area (Å²) in [5.41, 5.74) is 1.11. The largest absolute Gasteiger partial charge is 0.319 e. The molecule has 1 heterocycles. The van der Waals surface area contributed by atoms with Crippen molar-refractivity contribution in [1.29, 1.82) is 0 Å². The first-order valence-electron chi connectivity index (χ1n) is 8.45. The van der Waals surface area contributed by atoms with Crippen molar-refractivity contribution in [3.63, 3.8) is 0 Å². The molecule has 4 rings (SSSR count). The van der Waals surface area contributed by atoms with E-state index in [4.69, 9.17) is 0 Å². The number of benzene rings is 3. The number of carbonyl (C=O) groups is 1. The Morgan fingerprint density at radius 2 is 1.81 bits per heavy atom. The molecule has 0 aliphatic rings. The van der Waals surface area contributed by atoms with Gasteiger partial charge in [0.2, 0.25) is 5.91 Å². The second kappa shape index (κ2) is 7.48. The lowest BCUT2D eigenvalue weighted by Crippen LogP contribution is -2.13. The maximum atomic E-state index is 12.3. The molecule has 26 heavy (non-hydrogen) atoms. The highest BCUT2D eigenvalue weighted by molar-refractivity contribution is 7.99. The highest BCUT2D eigenvalue weighted by Gasteiger charge is 2.08. The zero-order valence-corrected chi connectivity index (χ0v) is 16.0. The number of fused-ring (bicyclic) bond motifs is 3. The Bertz CT molecular complexity index is 1140. The van der Waals surface area contributed by atoms with Crippen molar-refractivity contribution in [3.05, 3.63) is 71.5 Å². The predicted octanol–water partition coefficient (Wildman–Crippen LogP) is 5.00. The molecule has 3 nitrogen and oxygen atoms in total. The van der Waals surface area contributed by atoms with E-state index in [9.17, 15) is 4.79 Å². The molecule has 0 atom stereocenters. The summed E-state index contributed by atoms with van der Waals surface area (Å²) in [6, 6.07) is 22.7. The number of thioether (sulfide) groups is 1. The van der Waals surface area contributed by atoms with Gasteiger partial charge in [-0.15, -0.1) is 11.8 Å². The summed E-state index contributed by atoms with van der Waals surface area (Å²) in [5.74, 6) is 0.670. The predicted molar refractivity (Wildman–Crippen MR) is 111 cm³/mol. The van der Waals surface area contributed by atoms with Gasteiger partial charge in [0, 0.05) is 29.5 Å². The van der Waals surface area contributed by atoms with Crippen LogP contribution in [0.25, 0.3) is 21.0 Å². The van der Waals surface area contributed by atoms with Gasteiger partial charge in [0.1, 0.15) is 0 Å². The lowest BCUT2D eigenvalue weighted by molar-refractivity contribution is -0.117. The Hall–Kier alpha value is -2.37. The van der Waals surface area contributed by atoms with E-state index in [1.54, 1.807) is 23.1 Å². The van der Waals surface area contributed by atoms with Gasteiger partial charge >= 0.3 is 0 Å². The molecule has 0 fully saturated rings. The molecule has 0 saturated heterocycles. The summed E-state index contributed by atoms with van der Waals surface area (Å²) < 4.78 is 3.19. The van der Waals surface area contributed by atoms with Gasteiger partial charge in [-0.05, 0) is 23.6 Å². The quantitative estimate of drug-likeness (QED) is 0.468. The van der Waals surface area contributed by atoms with E-state index in [0.29, 0.717) is 6.42 Å². The first-order valence-corrected chi connectivity index (χ1v) is 10.3. The Balaban J connectivity index is 1.58. The third kappa shape index (κ3) is 3.45. The maximum Gasteiger partial charge on any atom is 0.249 e. The molecule has 0 N–H and O–H groups in total. The minimum Gasteiger partial charge on any atom is -0.319 e. The highest BCUT2D eigenvalue weighted by atomic mass is 32.2. The van der Waals surface area contributed by atoms with Gasteiger partial charge in [-0.1, -0.05) is 59.9 Å². The van der Waals surface area contributed by atoms with E-state index >= 15 is 0 Å². The summed E-state index contributed by atoms with van der Waals surface area (Å²) in [4.78, 5) is 18.6. The zero-order chi connectivity index (χ0) is 17.9. The number of nitrogens with zero attached hydrogens (tertiary/aromatic N) is 2. The monoisotopic (exact) mass is 378 g/mol. The first kappa shape index (κ1) is 17.1. The van der Waals surface area contributed by atoms with E-state index in [1.165, 1.54) is 20.4 Å². The normalized spacial score (nSPS) is 12.1. The number of hydrogen-bond acceptors (Lipinski definition) is 3. The molecule has 3 aromatic carbocycles. The van der Waals surface area contributed by atoms with Crippen LogP contribution in [0.2, 0.25) is 0 Å². The molecule has 1 aromatic heterocycles. The van der Waals surface area contributed by atoms with Crippen LogP contribution in [-0.4, -0.2) is 16.2 Å². The van der Waals surface area contributed by atoms with E-state index in [0.717, 1.165) is 16.1 Å². The molecule has 5 heteroatoms. The van der Waals surface area contributed by atoms with Gasteiger partial charge < -0.3 is 4.57 Å². The minimum atomic E-state index is -0.0695. The smallest absolute Gasteiger partial charge is 0.249 e. The van der Waals surface area contributed by atoms with Crippen LogP contribution in [0.15, 0.2) is 76.6 Å². The van der Waals surface area contributed by atoms with E-state index in [1.807, 2.05) is 41.9 Å². The van der Waals surface area contributed by atoms with Crippen molar-refractivity contribution < 1.29 is 4.79 Å². The Morgan fingerprint density at radius 3 is 2.65 bits per heavy atom. The summed E-state index contributed by atoms with van der Waals surface area (Å²) in [6.07, 6.45) is 0.439. The molecule has 0 radical (unpaired) electrons. The van der Waals surface area contributed by atoms with Crippen LogP contribution < -0.4 is 4.80 Å². The van der Waals surface area contributed by atoms with Gasteiger partial charge in [0.05, 0.1) is 10.2 Å². The third-order valence-corrected chi connectivity index (χ3v) is 6.44. The standard InChI is InChI=1S/C21H18N2OS2/c1-23-18-12-11-15-7-5-6-10-17(15)20(18)26-21(23)22-19(24)13-14-25-16-8-3-2-4-9-16/h2-12H,13-14H2,1H3. The molecule has 4 aromatic rings. The number of carbonyl (C=O) groups excluding carboxylic acids is 1. The van der Waals surface area contributed by atoms with Crippen molar-refractivity contribution in [1.82, 2.24) is 4.57 Å². The molecule has 0 unspecified atom stereocenters. The van der Waals surface area contributed by atoms with Crippen LogP contribution in [0.3, 0.4) is 0 Å². The summed E-state index contributed by atoms with van der Waals surface area (Å²) in [6.45, 7) is 0. The van der Waals surface area contributed by atoms with Crippen LogP contribution in [-0.2, 0) is 11.8 Å². The fourth-order valence-corrected chi connectivity index (χ4v) is 4.93. The van der Waals surface area contributed by atoms with Crippen LogP contribution in [0.4, 0.5) is 0 Å². The molecule has 0 aliphatic heterocycles. The number of rotatable bonds is 4. The van der Waals surface area contributed by atoms with Crippen molar-refractivity contribution in [2.24, 2.45) is 12.0 Å². The molecule has 130 valence electrons. The van der Waals surface area contributed by atoms with Crippen LogP contribution in [0.5, 0.6) is 0 Å². The third-order valence-electron chi connectivity index (χ3n) is 4.25. The molecular weight excluding hydrogens is 360 g/mol. The van der Waals surface area contributed by atoms with Gasteiger partial charge in [-0.2, -0.15) is 4.99 Å². The topological polar surface area (TPSA) is 34.4 Å². The van der Waals surface area contributed by atoms with Gasteiger partial charge in [-0.25, -0.2) is 0 Å². The average molecular weight is 379 g/mol. The van der Waals surface area contributed by atoms with E-state index in [2.05, 4.69) is 41.4 Å². The second-order valence-electron chi connectivity index (χ2n) is 6.00. The van der Waals surface area contributed by atoms with E-state index in [-0.39, 0.29) is 5.91 Å². The van der Waals surface area contributed by atoms with Crippen molar-refractivity contribution >= 4 is 50.0 Å². The number of hydrogen-bond donors (Lipinski definition) is 0. The summed E-state index contributed by atoms with van der Waals surface area (Å²) in [7, 11) is 1.97. The number of thiazole rings is 1. The molecule has 0 bridgehead atoms. The van der Waals surface area contributed by atoms with Crippen molar-refractivity contribution in [2.45, 2.75) is 11.3 Å². The fourth-order valence-electron chi connectivity index (χ4n) is 2.90. The zero-order valence-electron chi connectivity index (χ0n) is 14.4. The van der Waals surface area contributed by atoms with Crippen LogP contribution in [0, 0.1) is 0 Å². The fraction of sp³-hybridized carbons (Fsp3) is 0.143. The second-order valence-corrected chi connectivity index (χ2v) is 8.14. The number of aryl methyl sites for hydroxylation is 1. The summed E-state index contributed by atoms with van der Waals surface area (Å²) in [5, 5.41) is 2.41. The Labute approximate surface area is 160 Å². The van der Waals surface area contributed by atoms with Crippen LogP contribution >= 0.6 is 23.1 Å². The van der Waals surface area contributed by atoms with Crippen molar-refractivity contribution in [2.75, 3.05) is 5.75 Å². The molecule has 0 saturated carbocycles. The van der Waals surface area contributed by atoms with Crippen LogP contribution in [0.1, 0.15) is 6.42 Å². The maximum absolute atomic E-state index is 12.3. The Kier molecular flexibility index (Phi) is 4.91. The van der Waals surface area contributed by atoms with Crippen molar-refractivity contribution in [3.8, 4) is 0 Å². The molecular formula is C21H18N2OS2. The number of aromatic nitrogens is 1. The van der Waals surface area contributed by atoms with Gasteiger partial charge in [0.25, 0.3) is 0 Å². The van der Waals surface area contributed by atoms with Gasteiger partial charge in [0.15, 0.2) is 4.80 Å².